The number of benzene rings is 2. The fraction of sp³-hybridized carbons (Fsp3) is 0.587. The van der Waals surface area contributed by atoms with Crippen molar-refractivity contribution < 1.29 is 62.3 Å². The maximum atomic E-state index is 14.7. The highest BCUT2D eigenvalue weighted by Crippen LogP contribution is 2.24. The number of nitrogens with one attached hydrogen (secondary N) is 8. The summed E-state index contributed by atoms with van der Waals surface area (Å²) in [6.07, 6.45) is 3.12. The zero-order chi connectivity index (χ0) is 70.1. The molecule has 4 rings (SSSR count). The molecule has 13 amide bonds. The van der Waals surface area contributed by atoms with Gasteiger partial charge in [0.25, 0.3) is 0 Å². The summed E-state index contributed by atoms with van der Waals surface area (Å²) in [6, 6.07) is 4.51. The first-order chi connectivity index (χ1) is 45.2. The predicted octanol–water partition coefficient (Wildman–Crippen LogP) is -3.71. The van der Waals surface area contributed by atoms with E-state index >= 15 is 0 Å². The second-order valence-corrected chi connectivity index (χ2v) is 25.1. The van der Waals surface area contributed by atoms with Crippen LogP contribution in [-0.4, -0.2) is 198 Å². The Balaban J connectivity index is 1.56. The van der Waals surface area contributed by atoms with Crippen LogP contribution in [0.5, 0.6) is 0 Å². The fourth-order valence-corrected chi connectivity index (χ4v) is 11.5. The van der Waals surface area contributed by atoms with Crippen molar-refractivity contribution in [2.45, 2.75) is 183 Å². The van der Waals surface area contributed by atoms with Gasteiger partial charge in [0, 0.05) is 45.3 Å². The van der Waals surface area contributed by atoms with Gasteiger partial charge in [-0.05, 0) is 119 Å². The zero-order valence-electron chi connectivity index (χ0n) is 54.5. The summed E-state index contributed by atoms with van der Waals surface area (Å²) in [5, 5.41) is 21.1. The van der Waals surface area contributed by atoms with E-state index in [1.54, 1.807) is 60.7 Å². The van der Waals surface area contributed by atoms with Crippen molar-refractivity contribution in [3.63, 3.8) is 0 Å². The maximum absolute atomic E-state index is 14.7. The Morgan fingerprint density at radius 3 is 1.51 bits per heavy atom. The molecule has 0 unspecified atom stereocenters. The number of hydrogen-bond acceptors (Lipinski definition) is 17. The molecule has 2 fully saturated rings. The Morgan fingerprint density at radius 1 is 0.537 bits per heavy atom. The third-order valence-electron chi connectivity index (χ3n) is 16.0. The van der Waals surface area contributed by atoms with Crippen LogP contribution in [0.2, 0.25) is 0 Å². The summed E-state index contributed by atoms with van der Waals surface area (Å²) in [5.74, 6) is -9.80. The lowest BCUT2D eigenvalue weighted by atomic mass is 10.0. The average Bonchev–Trinajstić information content (AvgIpc) is 1.74. The van der Waals surface area contributed by atoms with Crippen LogP contribution < -0.4 is 82.7 Å². The van der Waals surface area contributed by atoms with Crippen LogP contribution in [0, 0.1) is 5.92 Å². The van der Waals surface area contributed by atoms with Crippen molar-refractivity contribution in [1.29, 1.82) is 0 Å². The van der Waals surface area contributed by atoms with Crippen LogP contribution in [0.4, 0.5) is 0 Å². The Morgan fingerprint density at radius 2 is 1.01 bits per heavy atom. The third kappa shape index (κ3) is 27.5. The number of carbonyl (C=O) groups excluding carboxylic acids is 13. The minimum Gasteiger partial charge on any atom is -0.370 e. The van der Waals surface area contributed by atoms with Crippen molar-refractivity contribution in [3.05, 3.63) is 71.8 Å². The minimum absolute atomic E-state index is 0.0736. The standard InChI is InChI=1S/C63H98N18O13S/c1-37(2)33-45(57(89)74-41(53(68)85)27-32-95-3)73-52(84)36-72-54(86)46(34-38-15-6-4-7-16-38)78-58(90)47(35-39-17-8-5-9-18-39)79-56(88)42(23-25-50(66)82)75-55(87)43(24-26-51(67)83)76-59(91)49-22-14-31-81(49)62(94)44(20-10-11-28-64)77-60(92)48-21-13-30-80(48)61(93)40(65)19-12-29-71-63(69)70/h4-9,15-18,37,40-49H,10-14,19-36,64-65H2,1-3H3,(H2,66,82)(H2,67,83)(H2,68,85)(H,72,86)(H,73,84)(H,74,89)(H,75,87)(H,76,91)(H,77,92)(H,78,90)(H,79,88)(H4,69,70,71)/t40-,41-,42+,43+,44-,45+,46+,47+,48-,49+/m0/s1. The molecule has 0 aromatic heterocycles. The number of unbranched alkanes of at least 4 members (excludes halogenated alkanes) is 1. The molecular formula is C63H98N18O13S. The molecular weight excluding hydrogens is 1250 g/mol. The van der Waals surface area contributed by atoms with E-state index in [0.29, 0.717) is 55.4 Å². The van der Waals surface area contributed by atoms with Crippen molar-refractivity contribution in [3.8, 4) is 0 Å². The summed E-state index contributed by atoms with van der Waals surface area (Å²) >= 11 is 1.45. The summed E-state index contributed by atoms with van der Waals surface area (Å²) < 4.78 is 0. The first kappa shape index (κ1) is 78.5. The van der Waals surface area contributed by atoms with Crippen LogP contribution in [0.15, 0.2) is 65.7 Å². The number of primary amides is 3. The lowest BCUT2D eigenvalue weighted by molar-refractivity contribution is -0.144. The van der Waals surface area contributed by atoms with Crippen molar-refractivity contribution in [2.75, 3.05) is 44.7 Å². The van der Waals surface area contributed by atoms with Gasteiger partial charge in [-0.1, -0.05) is 74.5 Å². The molecule has 2 aliphatic rings. The largest absolute Gasteiger partial charge is 0.370 e. The number of carbonyl (C=O) groups is 13. The van der Waals surface area contributed by atoms with E-state index in [2.05, 4.69) is 47.5 Å². The monoisotopic (exact) mass is 1350 g/mol. The first-order valence-corrected chi connectivity index (χ1v) is 33.6. The van der Waals surface area contributed by atoms with E-state index in [4.69, 9.17) is 40.1 Å². The van der Waals surface area contributed by atoms with E-state index in [1.165, 1.54) is 21.6 Å². The molecule has 0 aliphatic carbocycles. The summed E-state index contributed by atoms with van der Waals surface area (Å²) in [5.41, 5.74) is 40.6. The number of amides is 13. The molecule has 0 radical (unpaired) electrons. The zero-order valence-corrected chi connectivity index (χ0v) is 55.3. The second-order valence-electron chi connectivity index (χ2n) is 24.1. The highest BCUT2D eigenvalue weighted by molar-refractivity contribution is 7.98. The van der Waals surface area contributed by atoms with E-state index in [1.807, 2.05) is 20.1 Å². The van der Waals surface area contributed by atoms with E-state index in [-0.39, 0.29) is 83.0 Å². The number of hydrogen-bond donors (Lipinski definition) is 15. The molecule has 0 bridgehead atoms. The summed E-state index contributed by atoms with van der Waals surface area (Å²) in [6.45, 7) is 3.86. The van der Waals surface area contributed by atoms with E-state index in [9.17, 15) is 62.3 Å². The molecule has 32 heteroatoms. The van der Waals surface area contributed by atoms with Gasteiger partial charge in [-0.3, -0.25) is 67.3 Å². The fourth-order valence-electron chi connectivity index (χ4n) is 11.0. The van der Waals surface area contributed by atoms with E-state index in [0.717, 1.165) is 0 Å². The van der Waals surface area contributed by atoms with Gasteiger partial charge in [0.1, 0.15) is 54.4 Å². The van der Waals surface area contributed by atoms with Crippen molar-refractivity contribution >= 4 is 94.5 Å². The van der Waals surface area contributed by atoms with Gasteiger partial charge in [-0.15, -0.1) is 0 Å². The van der Waals surface area contributed by atoms with E-state index < -0.39 is 169 Å². The Kier molecular flexibility index (Phi) is 33.9. The normalized spacial score (nSPS) is 16.8. The lowest BCUT2D eigenvalue weighted by Gasteiger charge is -2.32. The number of likely N-dealkylation sites (tertiary alicyclic amines) is 2. The molecule has 2 aromatic carbocycles. The summed E-state index contributed by atoms with van der Waals surface area (Å²) in [7, 11) is 0. The van der Waals surface area contributed by atoms with Crippen LogP contribution in [0.3, 0.4) is 0 Å². The van der Waals surface area contributed by atoms with Gasteiger partial charge in [-0.2, -0.15) is 11.8 Å². The highest BCUT2D eigenvalue weighted by atomic mass is 32.2. The Labute approximate surface area is 558 Å². The molecule has 524 valence electrons. The summed E-state index contributed by atoms with van der Waals surface area (Å²) in [4.78, 5) is 185. The Hall–Kier alpha value is -8.91. The van der Waals surface area contributed by atoms with Gasteiger partial charge in [0.2, 0.25) is 76.8 Å². The predicted molar refractivity (Wildman–Crippen MR) is 356 cm³/mol. The lowest BCUT2D eigenvalue weighted by Crippen LogP contribution is -2.60. The number of thioether (sulfide) groups is 1. The first-order valence-electron chi connectivity index (χ1n) is 32.2. The smallest absolute Gasteiger partial charge is 0.245 e. The second kappa shape index (κ2) is 41.0. The van der Waals surface area contributed by atoms with Gasteiger partial charge >= 0.3 is 0 Å². The number of guanidine groups is 1. The molecule has 22 N–H and O–H groups in total. The van der Waals surface area contributed by atoms with Crippen LogP contribution in [0.25, 0.3) is 0 Å². The van der Waals surface area contributed by atoms with Crippen LogP contribution in [-0.2, 0) is 75.2 Å². The Bertz CT molecular complexity index is 2960. The molecule has 95 heavy (non-hydrogen) atoms. The number of nitrogens with zero attached hydrogens (tertiary/aromatic N) is 3. The quantitative estimate of drug-likeness (QED) is 0.0173. The van der Waals surface area contributed by atoms with Gasteiger partial charge < -0.3 is 92.5 Å². The molecule has 2 heterocycles. The number of aliphatic imine (C=N–C) groups is 1. The molecule has 31 nitrogen and oxygen atoms in total. The van der Waals surface area contributed by atoms with Gasteiger partial charge in [0.05, 0.1) is 12.6 Å². The molecule has 0 spiro atoms. The molecule has 2 saturated heterocycles. The molecule has 2 aliphatic heterocycles. The molecule has 0 saturated carbocycles. The SMILES string of the molecule is CSCC[C@H](NC(=O)[C@@H](CC(C)C)NC(=O)CNC(=O)[C@@H](Cc1ccccc1)NC(=O)[C@@H](Cc1ccccc1)NC(=O)[C@@H](CCC(N)=O)NC(=O)[C@@H](CCC(N)=O)NC(=O)[C@H]1CCCN1C(=O)[C@H](CCCCN)NC(=O)[C@@H]1CCCN1C(=O)[C@@H](N)CCCN=C(N)N)C(N)=O. The van der Waals surface area contributed by atoms with Gasteiger partial charge in [-0.25, -0.2) is 0 Å². The van der Waals surface area contributed by atoms with Gasteiger partial charge in [0.15, 0.2) is 5.96 Å². The minimum atomic E-state index is -1.64. The number of nitrogens with two attached hydrogens (primary N) is 7. The maximum Gasteiger partial charge on any atom is 0.245 e. The van der Waals surface area contributed by atoms with Crippen molar-refractivity contribution in [2.24, 2.45) is 51.0 Å². The van der Waals surface area contributed by atoms with Crippen molar-refractivity contribution in [1.82, 2.24) is 52.3 Å². The van der Waals surface area contributed by atoms with Crippen LogP contribution in [0.1, 0.15) is 121 Å². The topological polar surface area (TPSA) is 519 Å². The number of rotatable bonds is 42. The average molecular weight is 1350 g/mol. The molecule has 2 aromatic rings. The molecule has 10 atom stereocenters. The highest BCUT2D eigenvalue weighted by Gasteiger charge is 2.42. The van der Waals surface area contributed by atoms with Crippen LogP contribution >= 0.6 is 11.8 Å². The third-order valence-corrected chi connectivity index (χ3v) is 16.7.